The van der Waals surface area contributed by atoms with E-state index in [2.05, 4.69) is 17.1 Å². The third-order valence-corrected chi connectivity index (χ3v) is 4.03. The van der Waals surface area contributed by atoms with Gasteiger partial charge in [0.1, 0.15) is 5.82 Å². The predicted octanol–water partition coefficient (Wildman–Crippen LogP) is 1.42. The van der Waals surface area contributed by atoms with Crippen LogP contribution in [-0.2, 0) is 4.74 Å². The van der Waals surface area contributed by atoms with Crippen molar-refractivity contribution in [1.82, 2.24) is 10.2 Å². The maximum Gasteiger partial charge on any atom is 0.251 e. The van der Waals surface area contributed by atoms with E-state index in [1.54, 1.807) is 0 Å². The molecule has 5 heteroatoms. The lowest BCUT2D eigenvalue weighted by Gasteiger charge is -2.33. The number of nitrogens with one attached hydrogen (secondary N) is 1. The van der Waals surface area contributed by atoms with Crippen LogP contribution >= 0.6 is 0 Å². The van der Waals surface area contributed by atoms with Crippen molar-refractivity contribution in [3.05, 3.63) is 35.6 Å². The Morgan fingerprint density at radius 1 is 1.35 bits per heavy atom. The van der Waals surface area contributed by atoms with E-state index in [4.69, 9.17) is 4.74 Å². The van der Waals surface area contributed by atoms with Crippen LogP contribution in [0.2, 0.25) is 0 Å². The van der Waals surface area contributed by atoms with Crippen LogP contribution in [0.4, 0.5) is 4.39 Å². The fourth-order valence-electron chi connectivity index (χ4n) is 3.01. The average molecular weight is 278 g/mol. The molecule has 0 saturated carbocycles. The Morgan fingerprint density at radius 3 is 2.85 bits per heavy atom. The highest BCUT2D eigenvalue weighted by atomic mass is 19.1. The molecule has 2 saturated heterocycles. The normalized spacial score (nSPS) is 30.0. The predicted molar refractivity (Wildman–Crippen MR) is 73.0 cm³/mol. The zero-order valence-corrected chi connectivity index (χ0v) is 11.5. The summed E-state index contributed by atoms with van der Waals surface area (Å²) in [7, 11) is 0. The minimum atomic E-state index is -0.328. The summed E-state index contributed by atoms with van der Waals surface area (Å²) in [5.74, 6) is -0.463. The highest BCUT2D eigenvalue weighted by molar-refractivity contribution is 5.94. The molecule has 0 bridgehead atoms. The second-order valence-corrected chi connectivity index (χ2v) is 5.66. The molecule has 0 unspecified atom stereocenters. The quantitative estimate of drug-likeness (QED) is 0.889. The van der Waals surface area contributed by atoms with Gasteiger partial charge in [0.25, 0.3) is 5.91 Å². The second kappa shape index (κ2) is 5.50. The number of benzene rings is 1. The van der Waals surface area contributed by atoms with Gasteiger partial charge in [0, 0.05) is 30.7 Å². The van der Waals surface area contributed by atoms with Gasteiger partial charge in [-0.3, -0.25) is 9.69 Å². The lowest BCUT2D eigenvalue weighted by molar-refractivity contribution is -0.0390. The van der Waals surface area contributed by atoms with Gasteiger partial charge in [-0.05, 0) is 37.6 Å². The van der Waals surface area contributed by atoms with Gasteiger partial charge in [0.15, 0.2) is 0 Å². The number of fused-ring (bicyclic) bond motifs is 1. The van der Waals surface area contributed by atoms with Crippen LogP contribution in [0, 0.1) is 5.82 Å². The summed E-state index contributed by atoms with van der Waals surface area (Å²) >= 11 is 0. The molecule has 20 heavy (non-hydrogen) atoms. The third-order valence-electron chi connectivity index (χ3n) is 4.03. The van der Waals surface area contributed by atoms with Gasteiger partial charge in [0.05, 0.1) is 12.7 Å². The van der Waals surface area contributed by atoms with E-state index in [1.165, 1.54) is 24.3 Å². The molecule has 3 rings (SSSR count). The molecular formula is C15H19FN2O2. The van der Waals surface area contributed by atoms with Crippen molar-refractivity contribution in [2.75, 3.05) is 19.7 Å². The molecule has 1 aromatic rings. The molecule has 1 amide bonds. The molecular weight excluding hydrogens is 259 g/mol. The second-order valence-electron chi connectivity index (χ2n) is 5.66. The molecule has 108 valence electrons. The molecule has 2 fully saturated rings. The van der Waals surface area contributed by atoms with Gasteiger partial charge in [-0.2, -0.15) is 0 Å². The Balaban J connectivity index is 1.59. The Hall–Kier alpha value is -1.46. The first kappa shape index (κ1) is 13.5. The highest BCUT2D eigenvalue weighted by Crippen LogP contribution is 2.23. The third kappa shape index (κ3) is 2.83. The number of hydrogen-bond donors (Lipinski definition) is 1. The standard InChI is InChI=1S/C15H19FN2O2/c1-10-7-18-8-13(6-14(18)9-20-10)17-15(19)11-2-4-12(16)5-3-11/h2-5,10,13-14H,6-9H2,1H3,(H,17,19)/t10-,13+,14-/m0/s1. The molecule has 2 aliphatic rings. The summed E-state index contributed by atoms with van der Waals surface area (Å²) < 4.78 is 18.5. The first-order chi connectivity index (χ1) is 9.61. The largest absolute Gasteiger partial charge is 0.376 e. The molecule has 0 aliphatic carbocycles. The average Bonchev–Trinajstić information content (AvgIpc) is 2.80. The Kier molecular flexibility index (Phi) is 3.72. The summed E-state index contributed by atoms with van der Waals surface area (Å²) in [6, 6.07) is 6.19. The summed E-state index contributed by atoms with van der Waals surface area (Å²) in [4.78, 5) is 14.5. The number of carbonyl (C=O) groups excluding carboxylic acids is 1. The van der Waals surface area contributed by atoms with Crippen molar-refractivity contribution in [2.45, 2.75) is 31.5 Å². The number of rotatable bonds is 2. The first-order valence-corrected chi connectivity index (χ1v) is 7.04. The molecule has 3 atom stereocenters. The van der Waals surface area contributed by atoms with E-state index < -0.39 is 0 Å². The van der Waals surface area contributed by atoms with Crippen LogP contribution in [0.25, 0.3) is 0 Å². The van der Waals surface area contributed by atoms with Crippen LogP contribution in [0.15, 0.2) is 24.3 Å². The molecule has 0 radical (unpaired) electrons. The van der Waals surface area contributed by atoms with Gasteiger partial charge in [-0.15, -0.1) is 0 Å². The van der Waals surface area contributed by atoms with Crippen molar-refractivity contribution in [3.63, 3.8) is 0 Å². The first-order valence-electron chi connectivity index (χ1n) is 7.04. The van der Waals surface area contributed by atoms with Gasteiger partial charge in [-0.1, -0.05) is 0 Å². The minimum absolute atomic E-state index is 0.135. The molecule has 4 nitrogen and oxygen atoms in total. The van der Waals surface area contributed by atoms with Crippen LogP contribution in [0.3, 0.4) is 0 Å². The molecule has 1 N–H and O–H groups in total. The molecule has 2 heterocycles. The van der Waals surface area contributed by atoms with Gasteiger partial charge in [0.2, 0.25) is 0 Å². The van der Waals surface area contributed by atoms with Crippen molar-refractivity contribution in [3.8, 4) is 0 Å². The van der Waals surface area contributed by atoms with E-state index in [9.17, 15) is 9.18 Å². The number of carbonyl (C=O) groups is 1. The fraction of sp³-hybridized carbons (Fsp3) is 0.533. The number of amides is 1. The van der Waals surface area contributed by atoms with E-state index in [1.807, 2.05) is 0 Å². The molecule has 0 aromatic heterocycles. The summed E-state index contributed by atoms with van der Waals surface area (Å²) in [5.41, 5.74) is 0.501. The van der Waals surface area contributed by atoms with E-state index in [-0.39, 0.29) is 23.9 Å². The Labute approximate surface area is 117 Å². The number of morpholine rings is 1. The van der Waals surface area contributed by atoms with Crippen molar-refractivity contribution >= 4 is 5.91 Å². The Bertz CT molecular complexity index is 491. The summed E-state index contributed by atoms with van der Waals surface area (Å²) in [6.07, 6.45) is 1.18. The van der Waals surface area contributed by atoms with Crippen molar-refractivity contribution < 1.29 is 13.9 Å². The lowest BCUT2D eigenvalue weighted by atomic mass is 10.1. The van der Waals surface area contributed by atoms with Gasteiger partial charge >= 0.3 is 0 Å². The van der Waals surface area contributed by atoms with Gasteiger partial charge in [-0.25, -0.2) is 4.39 Å². The highest BCUT2D eigenvalue weighted by Gasteiger charge is 2.36. The van der Waals surface area contributed by atoms with Crippen molar-refractivity contribution in [1.29, 1.82) is 0 Å². The molecule has 0 spiro atoms. The maximum atomic E-state index is 12.8. The van der Waals surface area contributed by atoms with Crippen LogP contribution in [0.1, 0.15) is 23.7 Å². The molecule has 2 aliphatic heterocycles. The number of ether oxygens (including phenoxy) is 1. The van der Waals surface area contributed by atoms with Gasteiger partial charge < -0.3 is 10.1 Å². The number of hydrogen-bond acceptors (Lipinski definition) is 3. The summed E-state index contributed by atoms with van der Waals surface area (Å²) in [6.45, 7) is 4.60. The van der Waals surface area contributed by atoms with E-state index >= 15 is 0 Å². The topological polar surface area (TPSA) is 41.6 Å². The summed E-state index contributed by atoms with van der Waals surface area (Å²) in [5, 5.41) is 3.03. The minimum Gasteiger partial charge on any atom is -0.376 e. The monoisotopic (exact) mass is 278 g/mol. The smallest absolute Gasteiger partial charge is 0.251 e. The number of nitrogens with zero attached hydrogens (tertiary/aromatic N) is 1. The zero-order chi connectivity index (χ0) is 14.1. The maximum absolute atomic E-state index is 12.8. The van der Waals surface area contributed by atoms with E-state index in [0.717, 1.165) is 26.1 Å². The lowest BCUT2D eigenvalue weighted by Crippen LogP contribution is -2.45. The van der Waals surface area contributed by atoms with E-state index in [0.29, 0.717) is 11.6 Å². The van der Waals surface area contributed by atoms with Crippen LogP contribution in [-0.4, -0.2) is 48.7 Å². The van der Waals surface area contributed by atoms with Crippen LogP contribution in [0.5, 0.6) is 0 Å². The number of halogens is 1. The Morgan fingerprint density at radius 2 is 2.10 bits per heavy atom. The van der Waals surface area contributed by atoms with Crippen molar-refractivity contribution in [2.24, 2.45) is 0 Å². The van der Waals surface area contributed by atoms with Crippen LogP contribution < -0.4 is 5.32 Å². The SMILES string of the molecule is C[C@H]1CN2C[C@H](NC(=O)c3ccc(F)cc3)C[C@H]2CO1. The molecule has 1 aromatic carbocycles. The fourth-order valence-corrected chi connectivity index (χ4v) is 3.01. The zero-order valence-electron chi connectivity index (χ0n) is 11.5.